The molecule has 2 aromatic rings. The molecule has 0 radical (unpaired) electrons. The second-order valence-electron chi connectivity index (χ2n) is 5.05. The summed E-state index contributed by atoms with van der Waals surface area (Å²) in [6.45, 7) is -0.0435. The Kier molecular flexibility index (Phi) is 6.65. The van der Waals surface area contributed by atoms with Crippen LogP contribution in [0.2, 0.25) is 0 Å². The van der Waals surface area contributed by atoms with Gasteiger partial charge in [-0.25, -0.2) is 4.79 Å². The van der Waals surface area contributed by atoms with Crippen molar-refractivity contribution in [2.24, 2.45) is 0 Å². The molecule has 0 amide bonds. The Morgan fingerprint density at radius 1 is 1.04 bits per heavy atom. The van der Waals surface area contributed by atoms with Crippen molar-refractivity contribution in [2.45, 2.75) is 0 Å². The van der Waals surface area contributed by atoms with Crippen LogP contribution in [-0.4, -0.2) is 32.1 Å². The minimum Gasteiger partial charge on any atom is -0.493 e. The molecular weight excluding hydrogens is 320 g/mol. The van der Waals surface area contributed by atoms with Crippen molar-refractivity contribution < 1.29 is 24.1 Å². The molecule has 0 fully saturated rings. The molecule has 130 valence electrons. The van der Waals surface area contributed by atoms with Gasteiger partial charge in [0.05, 0.1) is 14.2 Å². The number of hydrogen-bond donors (Lipinski definition) is 1. The van der Waals surface area contributed by atoms with E-state index in [2.05, 4.69) is 4.74 Å². The first-order valence-electron chi connectivity index (χ1n) is 7.65. The topological polar surface area (TPSA) is 65.0 Å². The lowest BCUT2D eigenvalue weighted by atomic mass is 10.0. The van der Waals surface area contributed by atoms with Crippen molar-refractivity contribution in [3.05, 3.63) is 71.8 Å². The van der Waals surface area contributed by atoms with Gasteiger partial charge in [-0.3, -0.25) is 0 Å². The number of benzene rings is 2. The summed E-state index contributed by atoms with van der Waals surface area (Å²) >= 11 is 0. The van der Waals surface area contributed by atoms with Crippen molar-refractivity contribution >= 4 is 17.8 Å². The molecule has 2 aromatic carbocycles. The van der Waals surface area contributed by atoms with Crippen molar-refractivity contribution in [1.82, 2.24) is 0 Å². The van der Waals surface area contributed by atoms with Gasteiger partial charge in [0.15, 0.2) is 11.5 Å². The highest BCUT2D eigenvalue weighted by Crippen LogP contribution is 2.31. The third-order valence-electron chi connectivity index (χ3n) is 3.48. The van der Waals surface area contributed by atoms with E-state index in [1.807, 2.05) is 54.6 Å². The molecule has 0 spiro atoms. The van der Waals surface area contributed by atoms with Gasteiger partial charge in [-0.1, -0.05) is 48.6 Å². The molecule has 0 saturated heterocycles. The van der Waals surface area contributed by atoms with Gasteiger partial charge in [0, 0.05) is 0 Å². The van der Waals surface area contributed by atoms with Crippen LogP contribution in [0.1, 0.15) is 11.1 Å². The zero-order chi connectivity index (χ0) is 18.1. The average molecular weight is 340 g/mol. The van der Waals surface area contributed by atoms with Crippen LogP contribution in [-0.2, 0) is 4.74 Å². The molecule has 5 nitrogen and oxygen atoms in total. The van der Waals surface area contributed by atoms with Gasteiger partial charge in [0.25, 0.3) is 0 Å². The van der Waals surface area contributed by atoms with Crippen molar-refractivity contribution in [1.29, 1.82) is 0 Å². The third kappa shape index (κ3) is 5.42. The fourth-order valence-electron chi connectivity index (χ4n) is 2.25. The SMILES string of the molecule is COc1ccc(C(C=Cc2ccccc2)=CCOC(=O)O)cc1OC. The first-order valence-corrected chi connectivity index (χ1v) is 7.65. The van der Waals surface area contributed by atoms with E-state index in [-0.39, 0.29) is 6.61 Å². The van der Waals surface area contributed by atoms with Gasteiger partial charge in [-0.05, 0) is 34.9 Å². The van der Waals surface area contributed by atoms with Crippen LogP contribution >= 0.6 is 0 Å². The van der Waals surface area contributed by atoms with Crippen LogP contribution in [0.4, 0.5) is 4.79 Å². The fourth-order valence-corrected chi connectivity index (χ4v) is 2.25. The molecule has 0 aliphatic rings. The summed E-state index contributed by atoms with van der Waals surface area (Å²) in [5, 5.41) is 8.65. The Bertz CT molecular complexity index is 763. The lowest BCUT2D eigenvalue weighted by Gasteiger charge is -2.10. The normalized spacial score (nSPS) is 11.4. The fraction of sp³-hybridized carbons (Fsp3) is 0.150. The molecule has 0 unspecified atom stereocenters. The lowest BCUT2D eigenvalue weighted by Crippen LogP contribution is -2.00. The second-order valence-corrected chi connectivity index (χ2v) is 5.05. The lowest BCUT2D eigenvalue weighted by molar-refractivity contribution is 0.102. The van der Waals surface area contributed by atoms with Crippen LogP contribution in [0.15, 0.2) is 60.7 Å². The minimum atomic E-state index is -1.31. The molecule has 0 atom stereocenters. The zero-order valence-corrected chi connectivity index (χ0v) is 14.1. The first kappa shape index (κ1) is 18.1. The maximum atomic E-state index is 10.6. The Hall–Kier alpha value is -3.21. The highest BCUT2D eigenvalue weighted by atomic mass is 16.7. The third-order valence-corrected chi connectivity index (χ3v) is 3.48. The van der Waals surface area contributed by atoms with E-state index in [1.54, 1.807) is 26.4 Å². The Morgan fingerprint density at radius 3 is 2.40 bits per heavy atom. The molecule has 5 heteroatoms. The molecule has 0 aromatic heterocycles. The standard InChI is InChI=1S/C20H20O5/c1-23-18-11-10-17(14-19(18)24-2)16(12-13-25-20(21)22)9-8-15-6-4-3-5-7-15/h3-12,14H,13H2,1-2H3,(H,21,22). The predicted octanol–water partition coefficient (Wildman–Crippen LogP) is 4.50. The summed E-state index contributed by atoms with van der Waals surface area (Å²) in [6, 6.07) is 15.3. The van der Waals surface area contributed by atoms with E-state index < -0.39 is 6.16 Å². The largest absolute Gasteiger partial charge is 0.506 e. The van der Waals surface area contributed by atoms with Crippen LogP contribution in [0, 0.1) is 0 Å². The summed E-state index contributed by atoms with van der Waals surface area (Å²) in [7, 11) is 3.14. The highest BCUT2D eigenvalue weighted by molar-refractivity contribution is 5.80. The maximum Gasteiger partial charge on any atom is 0.506 e. The van der Waals surface area contributed by atoms with E-state index in [9.17, 15) is 4.79 Å². The molecule has 0 aliphatic heterocycles. The molecule has 0 saturated carbocycles. The quantitative estimate of drug-likeness (QED) is 0.594. The van der Waals surface area contributed by atoms with Gasteiger partial charge in [0.1, 0.15) is 6.61 Å². The molecule has 0 aliphatic carbocycles. The van der Waals surface area contributed by atoms with E-state index in [1.165, 1.54) is 0 Å². The monoisotopic (exact) mass is 340 g/mol. The number of allylic oxidation sites excluding steroid dienone is 2. The Balaban J connectivity index is 2.33. The predicted molar refractivity (Wildman–Crippen MR) is 97.0 cm³/mol. The van der Waals surface area contributed by atoms with Crippen LogP contribution in [0.3, 0.4) is 0 Å². The van der Waals surface area contributed by atoms with Gasteiger partial charge in [0.2, 0.25) is 0 Å². The maximum absolute atomic E-state index is 10.6. The van der Waals surface area contributed by atoms with E-state index >= 15 is 0 Å². The number of carbonyl (C=O) groups is 1. The zero-order valence-electron chi connectivity index (χ0n) is 14.1. The first-order chi connectivity index (χ1) is 12.1. The molecular formula is C20H20O5. The number of hydrogen-bond acceptors (Lipinski definition) is 4. The van der Waals surface area contributed by atoms with Crippen LogP contribution in [0.5, 0.6) is 11.5 Å². The number of carboxylic acid groups (broad SMARTS) is 1. The van der Waals surface area contributed by atoms with E-state index in [0.29, 0.717) is 11.5 Å². The molecule has 1 N–H and O–H groups in total. The molecule has 0 bridgehead atoms. The molecule has 25 heavy (non-hydrogen) atoms. The summed E-state index contributed by atoms with van der Waals surface area (Å²) in [6.07, 6.45) is 4.25. The molecule has 0 heterocycles. The summed E-state index contributed by atoms with van der Waals surface area (Å²) in [4.78, 5) is 10.6. The van der Waals surface area contributed by atoms with E-state index in [0.717, 1.165) is 16.7 Å². The summed E-state index contributed by atoms with van der Waals surface area (Å²) < 4.78 is 15.2. The molecule has 2 rings (SSSR count). The second kappa shape index (κ2) is 9.17. The van der Waals surface area contributed by atoms with Crippen LogP contribution < -0.4 is 9.47 Å². The highest BCUT2D eigenvalue weighted by Gasteiger charge is 2.07. The smallest absolute Gasteiger partial charge is 0.493 e. The number of rotatable bonds is 7. The summed E-state index contributed by atoms with van der Waals surface area (Å²) in [5.74, 6) is 1.22. The van der Waals surface area contributed by atoms with Crippen molar-refractivity contribution in [3.63, 3.8) is 0 Å². The van der Waals surface area contributed by atoms with Crippen molar-refractivity contribution in [3.8, 4) is 11.5 Å². The Morgan fingerprint density at radius 2 is 1.76 bits per heavy atom. The van der Waals surface area contributed by atoms with Gasteiger partial charge in [-0.15, -0.1) is 0 Å². The summed E-state index contributed by atoms with van der Waals surface area (Å²) in [5.41, 5.74) is 2.71. The number of methoxy groups -OCH3 is 2. The minimum absolute atomic E-state index is 0.0435. The number of ether oxygens (including phenoxy) is 3. The Labute approximate surface area is 146 Å². The van der Waals surface area contributed by atoms with Gasteiger partial charge >= 0.3 is 6.16 Å². The van der Waals surface area contributed by atoms with E-state index in [4.69, 9.17) is 14.6 Å². The van der Waals surface area contributed by atoms with Gasteiger partial charge < -0.3 is 19.3 Å². The van der Waals surface area contributed by atoms with Crippen molar-refractivity contribution in [2.75, 3.05) is 20.8 Å². The van der Waals surface area contributed by atoms with Gasteiger partial charge in [-0.2, -0.15) is 0 Å². The van der Waals surface area contributed by atoms with Crippen LogP contribution in [0.25, 0.3) is 11.6 Å². The average Bonchev–Trinajstić information content (AvgIpc) is 2.64.